The number of nitrogens with one attached hydrogen (secondary N) is 2. The number of pyridine rings is 2. The summed E-state index contributed by atoms with van der Waals surface area (Å²) in [5.41, 5.74) is 1.07. The second-order valence-electron chi connectivity index (χ2n) is 7.82. The summed E-state index contributed by atoms with van der Waals surface area (Å²) < 4.78 is 42.7. The van der Waals surface area contributed by atoms with E-state index in [1.165, 1.54) is 29.8 Å². The topological polar surface area (TPSA) is 116 Å². The summed E-state index contributed by atoms with van der Waals surface area (Å²) in [6.07, 6.45) is 0.456. The number of urea groups is 1. The maximum atomic E-state index is 13.3. The van der Waals surface area contributed by atoms with E-state index in [0.717, 1.165) is 0 Å². The molecule has 34 heavy (non-hydrogen) atoms. The van der Waals surface area contributed by atoms with Crippen LogP contribution in [0.2, 0.25) is 0 Å². The zero-order valence-electron chi connectivity index (χ0n) is 17.5. The van der Waals surface area contributed by atoms with Gasteiger partial charge in [0.15, 0.2) is 18.0 Å². The van der Waals surface area contributed by atoms with Crippen LogP contribution in [0.4, 0.5) is 35.3 Å². The minimum Gasteiger partial charge on any atom is -0.444 e. The van der Waals surface area contributed by atoms with Crippen LogP contribution in [0.15, 0.2) is 47.5 Å². The van der Waals surface area contributed by atoms with Gasteiger partial charge >= 0.3 is 12.2 Å². The van der Waals surface area contributed by atoms with E-state index in [2.05, 4.69) is 20.3 Å². The van der Waals surface area contributed by atoms with Gasteiger partial charge in [0.1, 0.15) is 18.1 Å². The minimum atomic E-state index is -4.55. The molecule has 0 aliphatic carbocycles. The molecule has 3 aromatic rings. The normalized spacial score (nSPS) is 16.9. The quantitative estimate of drug-likeness (QED) is 0.598. The Balaban J connectivity index is 1.41. The molecule has 5 heterocycles. The molecule has 3 aromatic heterocycles. The standard InChI is InChI=1S/C21H18F3N7O3/c22-21(23,24)10-27-19(32)14-1-2-15-18(28-14)31(13-4-6-30(15)9-13)20(33)29-17-7-12(3-5-26-17)16-8-25-11-34-16/h1-3,5,7-8,11,13H,4,6,9-10H2,(H,27,32)(H,26,29,33). The average Bonchev–Trinajstić information content (AvgIpc) is 3.48. The Labute approximate surface area is 190 Å². The Morgan fingerprint density at radius 2 is 2.09 bits per heavy atom. The first-order valence-corrected chi connectivity index (χ1v) is 10.3. The highest BCUT2D eigenvalue weighted by molar-refractivity contribution is 6.05. The van der Waals surface area contributed by atoms with Crippen LogP contribution < -0.4 is 20.4 Å². The van der Waals surface area contributed by atoms with Gasteiger partial charge in [0, 0.05) is 24.8 Å². The Bertz CT molecular complexity index is 1230. The van der Waals surface area contributed by atoms with Crippen molar-refractivity contribution < 1.29 is 27.2 Å². The first kappa shape index (κ1) is 21.7. The van der Waals surface area contributed by atoms with Crippen LogP contribution >= 0.6 is 0 Å². The molecule has 0 spiro atoms. The van der Waals surface area contributed by atoms with Crippen LogP contribution in [-0.4, -0.2) is 58.7 Å². The van der Waals surface area contributed by atoms with E-state index in [1.807, 2.05) is 4.90 Å². The van der Waals surface area contributed by atoms with Gasteiger partial charge in [-0.1, -0.05) is 0 Å². The number of carbonyl (C=O) groups excluding carboxylic acids is 2. The number of oxazole rings is 1. The molecule has 3 amide bonds. The van der Waals surface area contributed by atoms with Crippen molar-refractivity contribution in [2.24, 2.45) is 0 Å². The molecule has 2 aliphatic rings. The smallest absolute Gasteiger partial charge is 0.405 e. The van der Waals surface area contributed by atoms with Gasteiger partial charge in [0.05, 0.1) is 17.9 Å². The van der Waals surface area contributed by atoms with Crippen molar-refractivity contribution in [1.82, 2.24) is 20.3 Å². The predicted molar refractivity (Wildman–Crippen MR) is 114 cm³/mol. The molecule has 10 nitrogen and oxygen atoms in total. The van der Waals surface area contributed by atoms with Crippen molar-refractivity contribution in [3.8, 4) is 11.3 Å². The van der Waals surface area contributed by atoms with E-state index >= 15 is 0 Å². The Morgan fingerprint density at radius 1 is 1.24 bits per heavy atom. The highest BCUT2D eigenvalue weighted by atomic mass is 19.4. The first-order valence-electron chi connectivity index (χ1n) is 10.3. The highest BCUT2D eigenvalue weighted by Gasteiger charge is 2.40. The lowest BCUT2D eigenvalue weighted by molar-refractivity contribution is -0.123. The molecular weight excluding hydrogens is 455 g/mol. The maximum absolute atomic E-state index is 13.3. The van der Waals surface area contributed by atoms with E-state index in [0.29, 0.717) is 36.5 Å². The van der Waals surface area contributed by atoms with Crippen molar-refractivity contribution >= 4 is 29.3 Å². The zero-order chi connectivity index (χ0) is 23.9. The molecule has 1 fully saturated rings. The summed E-state index contributed by atoms with van der Waals surface area (Å²) in [5.74, 6) is -0.00379. The third kappa shape index (κ3) is 4.23. The number of amides is 3. The molecule has 2 N–H and O–H groups in total. The van der Waals surface area contributed by atoms with Crippen molar-refractivity contribution in [1.29, 1.82) is 0 Å². The lowest BCUT2D eigenvalue weighted by Crippen LogP contribution is -2.48. The van der Waals surface area contributed by atoms with Gasteiger partial charge in [0.2, 0.25) is 0 Å². The van der Waals surface area contributed by atoms with Crippen LogP contribution in [0.25, 0.3) is 11.3 Å². The number of halogens is 3. The number of hydrogen-bond acceptors (Lipinski definition) is 7. The fourth-order valence-electron chi connectivity index (χ4n) is 4.05. The fourth-order valence-corrected chi connectivity index (χ4v) is 4.05. The van der Waals surface area contributed by atoms with Gasteiger partial charge in [-0.15, -0.1) is 0 Å². The van der Waals surface area contributed by atoms with E-state index in [1.54, 1.807) is 23.5 Å². The zero-order valence-corrected chi connectivity index (χ0v) is 17.5. The fraction of sp³-hybridized carbons (Fsp3) is 0.286. The van der Waals surface area contributed by atoms with Crippen LogP contribution in [0.5, 0.6) is 0 Å². The predicted octanol–water partition coefficient (Wildman–Crippen LogP) is 3.05. The largest absolute Gasteiger partial charge is 0.444 e. The Kier molecular flexibility index (Phi) is 5.30. The van der Waals surface area contributed by atoms with E-state index in [9.17, 15) is 22.8 Å². The summed E-state index contributed by atoms with van der Waals surface area (Å²) in [4.78, 5) is 41.3. The summed E-state index contributed by atoms with van der Waals surface area (Å²) in [6, 6.07) is 5.53. The summed E-state index contributed by atoms with van der Waals surface area (Å²) in [7, 11) is 0. The van der Waals surface area contributed by atoms with Gasteiger partial charge in [0.25, 0.3) is 5.91 Å². The summed E-state index contributed by atoms with van der Waals surface area (Å²) >= 11 is 0. The number of hydrogen-bond donors (Lipinski definition) is 2. The maximum Gasteiger partial charge on any atom is 0.405 e. The molecule has 0 aromatic carbocycles. The minimum absolute atomic E-state index is 0.206. The molecule has 0 saturated carbocycles. The van der Waals surface area contributed by atoms with E-state index < -0.39 is 24.7 Å². The second-order valence-corrected chi connectivity index (χ2v) is 7.82. The van der Waals surface area contributed by atoms with Gasteiger partial charge in [-0.05, 0) is 30.7 Å². The summed E-state index contributed by atoms with van der Waals surface area (Å²) in [5, 5.41) is 4.54. The van der Waals surface area contributed by atoms with Gasteiger partial charge in [-0.2, -0.15) is 13.2 Å². The lowest BCUT2D eigenvalue weighted by Gasteiger charge is -2.35. The molecule has 2 bridgehead atoms. The van der Waals surface area contributed by atoms with Crippen LogP contribution in [0, 0.1) is 0 Å². The number of rotatable bonds is 4. The molecule has 1 atom stereocenters. The van der Waals surface area contributed by atoms with E-state index in [-0.39, 0.29) is 23.4 Å². The lowest BCUT2D eigenvalue weighted by atomic mass is 10.1. The molecule has 2 aliphatic heterocycles. The van der Waals surface area contributed by atoms with Crippen molar-refractivity contribution in [3.63, 3.8) is 0 Å². The molecular formula is C21H18F3N7O3. The molecule has 1 saturated heterocycles. The molecule has 0 radical (unpaired) electrons. The van der Waals surface area contributed by atoms with Gasteiger partial charge in [-0.25, -0.2) is 19.7 Å². The van der Waals surface area contributed by atoms with Gasteiger partial charge in [-0.3, -0.25) is 15.0 Å². The average molecular weight is 473 g/mol. The Morgan fingerprint density at radius 3 is 2.85 bits per heavy atom. The van der Waals surface area contributed by atoms with Gasteiger partial charge < -0.3 is 14.6 Å². The van der Waals surface area contributed by atoms with Crippen LogP contribution in [0.3, 0.4) is 0 Å². The van der Waals surface area contributed by atoms with E-state index in [4.69, 9.17) is 4.42 Å². The number of aromatic nitrogens is 3. The van der Waals surface area contributed by atoms with Crippen molar-refractivity contribution in [2.45, 2.75) is 18.6 Å². The first-order chi connectivity index (χ1) is 16.3. The highest BCUT2D eigenvalue weighted by Crippen LogP contribution is 2.39. The number of fused-ring (bicyclic) bond motifs is 4. The molecule has 176 valence electrons. The number of anilines is 3. The van der Waals surface area contributed by atoms with Crippen LogP contribution in [0.1, 0.15) is 16.9 Å². The SMILES string of the molecule is O=C(NCC(F)(F)F)c1ccc2c(n1)N(C(=O)Nc1cc(-c3cnco3)ccn1)C1CCN2C1. The Hall–Kier alpha value is -4.16. The van der Waals surface area contributed by atoms with Crippen LogP contribution in [-0.2, 0) is 0 Å². The number of carbonyl (C=O) groups is 2. The molecule has 5 rings (SSSR count). The third-order valence-corrected chi connectivity index (χ3v) is 5.56. The van der Waals surface area contributed by atoms with Crippen molar-refractivity contribution in [3.05, 3.63) is 48.7 Å². The molecule has 13 heteroatoms. The number of nitrogens with zero attached hydrogens (tertiary/aromatic N) is 5. The van der Waals surface area contributed by atoms with Crippen molar-refractivity contribution in [2.75, 3.05) is 34.8 Å². The second kappa shape index (κ2) is 8.32. The monoisotopic (exact) mass is 473 g/mol. The number of alkyl halides is 3. The summed E-state index contributed by atoms with van der Waals surface area (Å²) in [6.45, 7) is -0.216. The third-order valence-electron chi connectivity index (χ3n) is 5.56. The molecule has 1 unspecified atom stereocenters.